The summed E-state index contributed by atoms with van der Waals surface area (Å²) in [5.74, 6) is -0.921. The monoisotopic (exact) mass is 446 g/mol. The number of rotatable bonds is 7. The van der Waals surface area contributed by atoms with Crippen LogP contribution in [0, 0.1) is 0 Å². The van der Waals surface area contributed by atoms with Gasteiger partial charge in [-0.3, -0.25) is 4.68 Å². The molecule has 172 valence electrons. The second-order valence-electron chi connectivity index (χ2n) is 8.99. The van der Waals surface area contributed by atoms with Gasteiger partial charge in [0.1, 0.15) is 0 Å². The fourth-order valence-electron chi connectivity index (χ4n) is 4.97. The van der Waals surface area contributed by atoms with E-state index in [9.17, 15) is 15.0 Å². The lowest BCUT2D eigenvalue weighted by Gasteiger charge is -2.17. The number of carboxylic acids is 1. The van der Waals surface area contributed by atoms with Crippen LogP contribution in [0.2, 0.25) is 0 Å². The molecule has 33 heavy (non-hydrogen) atoms. The summed E-state index contributed by atoms with van der Waals surface area (Å²) >= 11 is 0. The zero-order valence-corrected chi connectivity index (χ0v) is 18.7. The molecule has 1 saturated heterocycles. The van der Waals surface area contributed by atoms with Crippen LogP contribution >= 0.6 is 0 Å². The molecule has 0 saturated carbocycles. The maximum Gasteiger partial charge on any atom is 0.335 e. The largest absolute Gasteiger partial charge is 0.478 e. The van der Waals surface area contributed by atoms with Gasteiger partial charge < -0.3 is 20.4 Å². The van der Waals surface area contributed by atoms with Gasteiger partial charge in [-0.15, -0.1) is 0 Å². The first-order chi connectivity index (χ1) is 16.1. The van der Waals surface area contributed by atoms with Gasteiger partial charge in [0.25, 0.3) is 0 Å². The normalized spacial score (nSPS) is 18.4. The third-order valence-corrected chi connectivity index (χ3v) is 6.68. The number of fused-ring (bicyclic) bond motifs is 1. The highest BCUT2D eigenvalue weighted by Gasteiger charge is 2.23. The lowest BCUT2D eigenvalue weighted by Crippen LogP contribution is -2.26. The number of hydrogen-bond donors (Lipinski definition) is 3. The molecule has 0 spiro atoms. The number of aromatic carboxylic acids is 1. The maximum atomic E-state index is 11.4. The number of aliphatic hydroxyl groups excluding tert-OH is 1. The molecular weight excluding hydrogens is 416 g/mol. The van der Waals surface area contributed by atoms with Gasteiger partial charge in [0.05, 0.1) is 17.4 Å². The maximum absolute atomic E-state index is 11.4. The van der Waals surface area contributed by atoms with Crippen molar-refractivity contribution >= 4 is 5.97 Å². The van der Waals surface area contributed by atoms with Gasteiger partial charge in [-0.2, -0.15) is 5.10 Å². The van der Waals surface area contributed by atoms with Crippen LogP contribution in [0.15, 0.2) is 48.5 Å². The Hall–Kier alpha value is -3.00. The first kappa shape index (κ1) is 21.8. The molecule has 1 fully saturated rings. The number of carbonyl (C=O) groups is 1. The van der Waals surface area contributed by atoms with Gasteiger partial charge in [0, 0.05) is 62.5 Å². The van der Waals surface area contributed by atoms with E-state index >= 15 is 0 Å². The van der Waals surface area contributed by atoms with Crippen molar-refractivity contribution in [3.05, 3.63) is 65.4 Å². The number of β-amino-alcohol motifs (C(OH)–C–C–N with tert-alkyl or cyclic N) is 1. The Balaban J connectivity index is 1.40. The van der Waals surface area contributed by atoms with E-state index in [1.807, 2.05) is 18.2 Å². The molecule has 7 nitrogen and oxygen atoms in total. The molecule has 0 radical (unpaired) electrons. The number of benzene rings is 2. The van der Waals surface area contributed by atoms with E-state index in [-0.39, 0.29) is 11.7 Å². The van der Waals surface area contributed by atoms with Crippen molar-refractivity contribution in [1.29, 1.82) is 0 Å². The average Bonchev–Trinajstić information content (AvgIpc) is 3.43. The minimum atomic E-state index is -0.921. The van der Waals surface area contributed by atoms with Crippen molar-refractivity contribution in [2.45, 2.75) is 38.5 Å². The third-order valence-electron chi connectivity index (χ3n) is 6.68. The Morgan fingerprint density at radius 3 is 2.67 bits per heavy atom. The summed E-state index contributed by atoms with van der Waals surface area (Å²) < 4.78 is 2.18. The zero-order valence-electron chi connectivity index (χ0n) is 18.7. The van der Waals surface area contributed by atoms with Crippen molar-refractivity contribution in [2.75, 3.05) is 26.2 Å². The Bertz CT molecular complexity index is 1160. The van der Waals surface area contributed by atoms with Gasteiger partial charge in [0.2, 0.25) is 0 Å². The number of aliphatic hydroxyl groups is 1. The molecule has 2 aliphatic heterocycles. The van der Waals surface area contributed by atoms with E-state index < -0.39 is 5.97 Å². The second-order valence-corrected chi connectivity index (χ2v) is 8.99. The fourth-order valence-corrected chi connectivity index (χ4v) is 4.97. The molecule has 0 bridgehead atoms. The van der Waals surface area contributed by atoms with Crippen molar-refractivity contribution in [3.63, 3.8) is 0 Å². The standard InChI is InChI=1S/C26H30N4O3/c31-22-9-13-29(17-22)11-3-12-30-24-8-10-27-16-23(24)25(28-30)20-6-1-4-18(14-20)19-5-2-7-21(15-19)26(32)33/h1-2,4-7,14-15,22,27,31H,3,8-13,16-17H2,(H,32,33). The molecule has 7 heteroatoms. The smallest absolute Gasteiger partial charge is 0.335 e. The van der Waals surface area contributed by atoms with Crippen molar-refractivity contribution < 1.29 is 15.0 Å². The fraction of sp³-hybridized carbons (Fsp3) is 0.385. The van der Waals surface area contributed by atoms with Crippen LogP contribution in [-0.4, -0.2) is 63.1 Å². The Morgan fingerprint density at radius 1 is 1.09 bits per heavy atom. The SMILES string of the molecule is O=C(O)c1cccc(-c2cccc(-c3nn(CCCN4CCC(O)C4)c4c3CNCC4)c2)c1. The molecule has 5 rings (SSSR count). The summed E-state index contributed by atoms with van der Waals surface area (Å²) in [4.78, 5) is 13.7. The average molecular weight is 447 g/mol. The number of nitrogens with one attached hydrogen (secondary N) is 1. The van der Waals surface area contributed by atoms with E-state index in [1.54, 1.807) is 18.2 Å². The van der Waals surface area contributed by atoms with Crippen LogP contribution in [0.4, 0.5) is 0 Å². The van der Waals surface area contributed by atoms with Gasteiger partial charge in [0.15, 0.2) is 0 Å². The Morgan fingerprint density at radius 2 is 1.88 bits per heavy atom. The number of aromatic nitrogens is 2. The topological polar surface area (TPSA) is 90.6 Å². The van der Waals surface area contributed by atoms with E-state index in [1.165, 1.54) is 11.3 Å². The molecule has 1 unspecified atom stereocenters. The minimum absolute atomic E-state index is 0.177. The lowest BCUT2D eigenvalue weighted by atomic mass is 9.97. The number of likely N-dealkylation sites (tertiary alicyclic amines) is 1. The number of hydrogen-bond acceptors (Lipinski definition) is 5. The zero-order chi connectivity index (χ0) is 22.8. The molecule has 3 N–H and O–H groups in total. The predicted octanol–water partition coefficient (Wildman–Crippen LogP) is 3.02. The van der Waals surface area contributed by atoms with Gasteiger partial charge in [-0.25, -0.2) is 4.79 Å². The molecule has 2 aliphatic rings. The van der Waals surface area contributed by atoms with Crippen LogP contribution in [0.25, 0.3) is 22.4 Å². The molecule has 1 aromatic heterocycles. The molecule has 3 heterocycles. The molecular formula is C26H30N4O3. The molecule has 3 aromatic rings. The number of nitrogens with zero attached hydrogens (tertiary/aromatic N) is 3. The van der Waals surface area contributed by atoms with Gasteiger partial charge in [-0.1, -0.05) is 30.3 Å². The summed E-state index contributed by atoms with van der Waals surface area (Å²) in [7, 11) is 0. The van der Waals surface area contributed by atoms with E-state index in [0.29, 0.717) is 0 Å². The minimum Gasteiger partial charge on any atom is -0.478 e. The van der Waals surface area contributed by atoms with Crippen LogP contribution < -0.4 is 5.32 Å². The van der Waals surface area contributed by atoms with Crippen molar-refractivity contribution in [3.8, 4) is 22.4 Å². The first-order valence-corrected chi connectivity index (χ1v) is 11.7. The highest BCUT2D eigenvalue weighted by atomic mass is 16.4. The number of aryl methyl sites for hydroxylation is 1. The first-order valence-electron chi connectivity index (χ1n) is 11.7. The van der Waals surface area contributed by atoms with Crippen molar-refractivity contribution in [2.24, 2.45) is 0 Å². The second kappa shape index (κ2) is 9.47. The predicted molar refractivity (Wildman–Crippen MR) is 127 cm³/mol. The summed E-state index contributed by atoms with van der Waals surface area (Å²) in [6.07, 6.45) is 2.67. The van der Waals surface area contributed by atoms with E-state index in [2.05, 4.69) is 27.0 Å². The van der Waals surface area contributed by atoms with Gasteiger partial charge in [-0.05, 0) is 42.2 Å². The van der Waals surface area contributed by atoms with Crippen LogP contribution in [0.5, 0.6) is 0 Å². The quantitative estimate of drug-likeness (QED) is 0.517. The summed E-state index contributed by atoms with van der Waals surface area (Å²) in [6.45, 7) is 5.37. The molecule has 2 aromatic carbocycles. The lowest BCUT2D eigenvalue weighted by molar-refractivity contribution is 0.0697. The summed E-state index contributed by atoms with van der Waals surface area (Å²) in [6, 6.07) is 15.3. The van der Waals surface area contributed by atoms with Gasteiger partial charge >= 0.3 is 5.97 Å². The molecule has 0 aliphatic carbocycles. The van der Waals surface area contributed by atoms with Crippen LogP contribution in [0.1, 0.15) is 34.5 Å². The third kappa shape index (κ3) is 4.71. The van der Waals surface area contributed by atoms with E-state index in [0.717, 1.165) is 80.9 Å². The van der Waals surface area contributed by atoms with Crippen molar-refractivity contribution in [1.82, 2.24) is 20.0 Å². The highest BCUT2D eigenvalue weighted by molar-refractivity contribution is 5.89. The van der Waals surface area contributed by atoms with Crippen LogP contribution in [0.3, 0.4) is 0 Å². The Kier molecular flexibility index (Phi) is 6.26. The molecule has 0 amide bonds. The Labute approximate surface area is 193 Å². The summed E-state index contributed by atoms with van der Waals surface area (Å²) in [5.41, 5.74) is 6.78. The summed E-state index contributed by atoms with van der Waals surface area (Å²) in [5, 5.41) is 27.6. The van der Waals surface area contributed by atoms with Crippen LogP contribution in [-0.2, 0) is 19.5 Å². The molecule has 1 atom stereocenters. The van der Waals surface area contributed by atoms with E-state index in [4.69, 9.17) is 5.10 Å². The number of carboxylic acid groups (broad SMARTS) is 1. The highest BCUT2D eigenvalue weighted by Crippen LogP contribution is 2.31.